The molecule has 2 heterocycles. The molecule has 0 aliphatic carbocycles. The molecule has 0 amide bonds. The van der Waals surface area contributed by atoms with Crippen LogP contribution < -0.4 is 14.8 Å². The number of aromatic amines is 1. The van der Waals surface area contributed by atoms with Gasteiger partial charge in [0.25, 0.3) is 0 Å². The molecule has 0 aliphatic heterocycles. The summed E-state index contributed by atoms with van der Waals surface area (Å²) in [5.41, 5.74) is 1.66. The fourth-order valence-corrected chi connectivity index (χ4v) is 2.61. The summed E-state index contributed by atoms with van der Waals surface area (Å²) in [7, 11) is 3.53. The monoisotopic (exact) mass is 301 g/mol. The van der Waals surface area contributed by atoms with Crippen LogP contribution in [-0.2, 0) is 0 Å². The maximum Gasteiger partial charge on any atom is 0.143 e. The first kappa shape index (κ1) is 13.7. The van der Waals surface area contributed by atoms with Crippen molar-refractivity contribution in [3.63, 3.8) is 0 Å². The number of H-pyrrole nitrogens is 1. The molecule has 0 saturated carbocycles. The van der Waals surface area contributed by atoms with E-state index in [0.717, 1.165) is 33.2 Å². The number of fused-ring (bicyclic) bond motifs is 1. The van der Waals surface area contributed by atoms with Crippen LogP contribution in [0.3, 0.4) is 0 Å². The summed E-state index contributed by atoms with van der Waals surface area (Å²) in [6.45, 7) is 0. The molecule has 3 N–H and O–H groups in total. The van der Waals surface area contributed by atoms with Gasteiger partial charge in [0.05, 0.1) is 18.2 Å². The summed E-state index contributed by atoms with van der Waals surface area (Å²) >= 11 is 1.54. The van der Waals surface area contributed by atoms with Gasteiger partial charge in [-0.1, -0.05) is 0 Å². The van der Waals surface area contributed by atoms with Crippen molar-refractivity contribution >= 4 is 34.5 Å². The quantitative estimate of drug-likeness (QED) is 0.629. The summed E-state index contributed by atoms with van der Waals surface area (Å²) in [6.07, 6.45) is 3.37. The van der Waals surface area contributed by atoms with Crippen LogP contribution in [0.5, 0.6) is 5.75 Å². The zero-order chi connectivity index (χ0) is 14.7. The minimum Gasteiger partial charge on any atom is -0.495 e. The number of nitrogens with zero attached hydrogens (tertiary/aromatic N) is 2. The Morgan fingerprint density at radius 2 is 2.14 bits per heavy atom. The Bertz CT molecular complexity index is 758. The van der Waals surface area contributed by atoms with Gasteiger partial charge in [-0.05, 0) is 43.3 Å². The number of ether oxygens (including phenoxy) is 1. The lowest BCUT2D eigenvalue weighted by Crippen LogP contribution is -1.99. The lowest BCUT2D eigenvalue weighted by atomic mass is 10.2. The van der Waals surface area contributed by atoms with Gasteiger partial charge in [-0.2, -0.15) is 0 Å². The van der Waals surface area contributed by atoms with Crippen LogP contribution in [0.2, 0.25) is 0 Å². The molecule has 0 radical (unpaired) electrons. The number of nitrogens with one attached hydrogen (secondary N) is 3. The largest absolute Gasteiger partial charge is 0.495 e. The normalized spacial score (nSPS) is 10.8. The molecule has 7 heteroatoms. The molecule has 21 heavy (non-hydrogen) atoms. The Labute approximate surface area is 126 Å². The van der Waals surface area contributed by atoms with E-state index in [2.05, 4.69) is 25.0 Å². The van der Waals surface area contributed by atoms with E-state index >= 15 is 0 Å². The van der Waals surface area contributed by atoms with Crippen LogP contribution in [0.25, 0.3) is 11.0 Å². The molecule has 0 saturated heterocycles. The van der Waals surface area contributed by atoms with Gasteiger partial charge < -0.3 is 15.0 Å². The van der Waals surface area contributed by atoms with Crippen LogP contribution in [0.1, 0.15) is 0 Å². The van der Waals surface area contributed by atoms with Crippen LogP contribution in [0.15, 0.2) is 41.7 Å². The molecule has 108 valence electrons. The van der Waals surface area contributed by atoms with Gasteiger partial charge in [0, 0.05) is 11.1 Å². The summed E-state index contributed by atoms with van der Waals surface area (Å²) in [5, 5.41) is 4.25. The first-order valence-corrected chi connectivity index (χ1v) is 7.20. The Balaban J connectivity index is 1.99. The number of benzene rings is 1. The SMILES string of the molecule is CNSc1ccc(OC)c(Nc2ncnc3[nH]ccc23)c1. The van der Waals surface area contributed by atoms with Crippen LogP contribution in [0, 0.1) is 0 Å². The molecule has 6 nitrogen and oxygen atoms in total. The Morgan fingerprint density at radius 3 is 2.95 bits per heavy atom. The van der Waals surface area contributed by atoms with E-state index in [0.29, 0.717) is 0 Å². The minimum absolute atomic E-state index is 0.742. The summed E-state index contributed by atoms with van der Waals surface area (Å²) < 4.78 is 8.46. The predicted octanol–water partition coefficient (Wildman–Crippen LogP) is 2.94. The second-order valence-electron chi connectivity index (χ2n) is 4.26. The lowest BCUT2D eigenvalue weighted by molar-refractivity contribution is 0.416. The van der Waals surface area contributed by atoms with Crippen LogP contribution >= 0.6 is 11.9 Å². The molecule has 0 aliphatic rings. The third-order valence-electron chi connectivity index (χ3n) is 3.00. The highest BCUT2D eigenvalue weighted by Crippen LogP contribution is 2.32. The third-order valence-corrected chi connectivity index (χ3v) is 3.69. The first-order chi connectivity index (χ1) is 10.3. The highest BCUT2D eigenvalue weighted by atomic mass is 32.2. The number of hydrogen-bond donors (Lipinski definition) is 3. The fraction of sp³-hybridized carbons (Fsp3) is 0.143. The Kier molecular flexibility index (Phi) is 3.94. The van der Waals surface area contributed by atoms with E-state index in [1.165, 1.54) is 6.33 Å². The number of anilines is 2. The van der Waals surface area contributed by atoms with Crippen LogP contribution in [-0.4, -0.2) is 29.1 Å². The van der Waals surface area contributed by atoms with Gasteiger partial charge in [-0.25, -0.2) is 9.97 Å². The van der Waals surface area contributed by atoms with E-state index in [1.807, 2.05) is 37.5 Å². The molecule has 3 aromatic rings. The van der Waals surface area contributed by atoms with E-state index in [1.54, 1.807) is 19.1 Å². The van der Waals surface area contributed by atoms with Gasteiger partial charge in [-0.3, -0.25) is 4.72 Å². The Hall–Kier alpha value is -2.25. The summed E-state index contributed by atoms with van der Waals surface area (Å²) in [6, 6.07) is 7.88. The molecular formula is C14H15N5OS. The zero-order valence-corrected chi connectivity index (χ0v) is 12.5. The standard InChI is InChI=1S/C14H15N5OS/c1-15-21-9-3-4-12(20-2)11(7-9)19-14-10-5-6-16-13(10)17-8-18-14/h3-8,15H,1-2H3,(H2,16,17,18,19). The predicted molar refractivity (Wildman–Crippen MR) is 85.1 cm³/mol. The molecule has 2 aromatic heterocycles. The lowest BCUT2D eigenvalue weighted by Gasteiger charge is -2.12. The van der Waals surface area contributed by atoms with Gasteiger partial charge in [0.15, 0.2) is 0 Å². The van der Waals surface area contributed by atoms with E-state index < -0.39 is 0 Å². The van der Waals surface area contributed by atoms with Crippen molar-refractivity contribution < 1.29 is 4.74 Å². The molecule has 0 bridgehead atoms. The maximum atomic E-state index is 5.40. The second-order valence-corrected chi connectivity index (χ2v) is 5.34. The molecular weight excluding hydrogens is 286 g/mol. The highest BCUT2D eigenvalue weighted by molar-refractivity contribution is 7.97. The first-order valence-electron chi connectivity index (χ1n) is 6.38. The van der Waals surface area contributed by atoms with E-state index in [-0.39, 0.29) is 0 Å². The number of hydrogen-bond acceptors (Lipinski definition) is 6. The molecule has 3 rings (SSSR count). The van der Waals surface area contributed by atoms with Gasteiger partial charge in [0.1, 0.15) is 23.5 Å². The number of rotatable bonds is 5. The zero-order valence-electron chi connectivity index (χ0n) is 11.7. The maximum absolute atomic E-state index is 5.40. The number of aromatic nitrogens is 3. The third kappa shape index (κ3) is 2.79. The molecule has 0 spiro atoms. The van der Waals surface area contributed by atoms with Crippen molar-refractivity contribution in [3.05, 3.63) is 36.8 Å². The van der Waals surface area contributed by atoms with E-state index in [9.17, 15) is 0 Å². The van der Waals surface area contributed by atoms with Gasteiger partial charge >= 0.3 is 0 Å². The number of methoxy groups -OCH3 is 1. The van der Waals surface area contributed by atoms with Crippen molar-refractivity contribution in [1.82, 2.24) is 19.7 Å². The average molecular weight is 301 g/mol. The minimum atomic E-state index is 0.742. The van der Waals surface area contributed by atoms with Gasteiger partial charge in [-0.15, -0.1) is 0 Å². The molecule has 1 aromatic carbocycles. The van der Waals surface area contributed by atoms with Crippen molar-refractivity contribution in [2.75, 3.05) is 19.5 Å². The molecule has 0 unspecified atom stereocenters. The molecule has 0 atom stereocenters. The van der Waals surface area contributed by atoms with Crippen molar-refractivity contribution in [3.8, 4) is 5.75 Å². The topological polar surface area (TPSA) is 74.9 Å². The van der Waals surface area contributed by atoms with Crippen molar-refractivity contribution in [2.45, 2.75) is 4.90 Å². The summed E-state index contributed by atoms with van der Waals surface area (Å²) in [4.78, 5) is 12.6. The smallest absolute Gasteiger partial charge is 0.143 e. The average Bonchev–Trinajstić information content (AvgIpc) is 2.97. The van der Waals surface area contributed by atoms with Crippen molar-refractivity contribution in [2.24, 2.45) is 0 Å². The summed E-state index contributed by atoms with van der Waals surface area (Å²) in [5.74, 6) is 1.50. The van der Waals surface area contributed by atoms with Crippen molar-refractivity contribution in [1.29, 1.82) is 0 Å². The Morgan fingerprint density at radius 1 is 1.24 bits per heavy atom. The highest BCUT2D eigenvalue weighted by Gasteiger charge is 2.09. The molecule has 0 fully saturated rings. The second kappa shape index (κ2) is 6.02. The van der Waals surface area contributed by atoms with Gasteiger partial charge in [0.2, 0.25) is 0 Å². The fourth-order valence-electron chi connectivity index (χ4n) is 2.07. The van der Waals surface area contributed by atoms with Crippen LogP contribution in [0.4, 0.5) is 11.5 Å². The van der Waals surface area contributed by atoms with E-state index in [4.69, 9.17) is 4.74 Å².